The summed E-state index contributed by atoms with van der Waals surface area (Å²) < 4.78 is 0. The maximum absolute atomic E-state index is 11.0. The predicted octanol–water partition coefficient (Wildman–Crippen LogP) is -0.102. The minimum absolute atomic E-state index is 0.210. The molecule has 0 aliphatic carbocycles. The van der Waals surface area contributed by atoms with Gasteiger partial charge in [0.1, 0.15) is 0 Å². The van der Waals surface area contributed by atoms with E-state index in [9.17, 15) is 4.79 Å². The van der Waals surface area contributed by atoms with E-state index < -0.39 is 0 Å². The molecule has 0 spiro atoms. The van der Waals surface area contributed by atoms with E-state index in [1.54, 1.807) is 6.21 Å². The van der Waals surface area contributed by atoms with E-state index in [-0.39, 0.29) is 5.56 Å². The van der Waals surface area contributed by atoms with Gasteiger partial charge < -0.3 is 10.3 Å². The Labute approximate surface area is 62.2 Å². The number of aliphatic imine (C=N–C) groups is 1. The summed E-state index contributed by atoms with van der Waals surface area (Å²) in [4.78, 5) is 21.3. The molecule has 1 aliphatic heterocycles. The molecular weight excluding hydrogens is 144 g/mol. The van der Waals surface area contributed by atoms with Gasteiger partial charge >= 0.3 is 0 Å². The Bertz CT molecular complexity index is 354. The van der Waals surface area contributed by atoms with Gasteiger partial charge in [0, 0.05) is 6.21 Å². The van der Waals surface area contributed by atoms with Gasteiger partial charge in [-0.3, -0.25) is 4.79 Å². The van der Waals surface area contributed by atoms with E-state index in [1.165, 1.54) is 6.33 Å². The van der Waals surface area contributed by atoms with E-state index >= 15 is 0 Å². The second-order valence-electron chi connectivity index (χ2n) is 2.12. The molecule has 0 saturated heterocycles. The third-order valence-electron chi connectivity index (χ3n) is 1.41. The molecular formula is C6H6N4O. The average Bonchev–Trinajstić information content (AvgIpc) is 2.06. The standard InChI is InChI=1S/C6H6N4O/c11-6-4-5(9-3-10-6)8-2-1-7-4/h1,3H,2H2,(H2,8,9,10,11). The van der Waals surface area contributed by atoms with E-state index in [0.29, 0.717) is 18.1 Å². The fraction of sp³-hybridized carbons (Fsp3) is 0.167. The van der Waals surface area contributed by atoms with Crippen molar-refractivity contribution in [2.75, 3.05) is 11.9 Å². The van der Waals surface area contributed by atoms with Gasteiger partial charge in [-0.05, 0) is 0 Å². The minimum Gasteiger partial charge on any atom is -0.363 e. The van der Waals surface area contributed by atoms with E-state index in [4.69, 9.17) is 0 Å². The zero-order chi connectivity index (χ0) is 7.68. The Kier molecular flexibility index (Phi) is 1.21. The number of H-pyrrole nitrogens is 1. The monoisotopic (exact) mass is 150 g/mol. The minimum atomic E-state index is -0.210. The third kappa shape index (κ3) is 0.899. The lowest BCUT2D eigenvalue weighted by Crippen LogP contribution is -2.15. The van der Waals surface area contributed by atoms with Crippen molar-refractivity contribution in [1.82, 2.24) is 9.97 Å². The molecule has 0 aromatic carbocycles. The first kappa shape index (κ1) is 6.09. The molecule has 1 aliphatic rings. The molecule has 0 amide bonds. The summed E-state index contributed by atoms with van der Waals surface area (Å²) in [5, 5.41) is 2.92. The molecule has 56 valence electrons. The average molecular weight is 150 g/mol. The fourth-order valence-electron chi connectivity index (χ4n) is 0.921. The number of hydrogen-bond donors (Lipinski definition) is 2. The van der Waals surface area contributed by atoms with E-state index in [2.05, 4.69) is 20.3 Å². The van der Waals surface area contributed by atoms with Gasteiger partial charge in [0.15, 0.2) is 11.5 Å². The highest BCUT2D eigenvalue weighted by Crippen LogP contribution is 2.16. The molecule has 0 radical (unpaired) electrons. The number of anilines is 1. The zero-order valence-electron chi connectivity index (χ0n) is 5.66. The van der Waals surface area contributed by atoms with Gasteiger partial charge in [0.05, 0.1) is 12.9 Å². The van der Waals surface area contributed by atoms with Crippen LogP contribution in [0.15, 0.2) is 16.1 Å². The topological polar surface area (TPSA) is 70.1 Å². The molecule has 2 heterocycles. The lowest BCUT2D eigenvalue weighted by Gasteiger charge is -2.07. The van der Waals surface area contributed by atoms with Crippen molar-refractivity contribution >= 4 is 17.7 Å². The molecule has 0 saturated carbocycles. The van der Waals surface area contributed by atoms with Crippen LogP contribution in [0.25, 0.3) is 0 Å². The number of aromatic nitrogens is 2. The molecule has 2 rings (SSSR count). The van der Waals surface area contributed by atoms with Crippen molar-refractivity contribution in [3.8, 4) is 0 Å². The number of hydrogen-bond acceptors (Lipinski definition) is 4. The summed E-state index contributed by atoms with van der Waals surface area (Å²) in [6.45, 7) is 0.628. The van der Waals surface area contributed by atoms with Gasteiger partial charge in [-0.25, -0.2) is 9.98 Å². The van der Waals surface area contributed by atoms with Crippen molar-refractivity contribution in [3.05, 3.63) is 16.7 Å². The van der Waals surface area contributed by atoms with Crippen LogP contribution in [0.3, 0.4) is 0 Å². The lowest BCUT2D eigenvalue weighted by atomic mass is 10.4. The Balaban J connectivity index is 2.70. The van der Waals surface area contributed by atoms with Gasteiger partial charge in [-0.15, -0.1) is 0 Å². The highest BCUT2D eigenvalue weighted by atomic mass is 16.1. The SMILES string of the molecule is O=c1[nH]cnc2c1N=CCN2. The predicted molar refractivity (Wildman–Crippen MR) is 41.5 cm³/mol. The lowest BCUT2D eigenvalue weighted by molar-refractivity contribution is 1.09. The fourth-order valence-corrected chi connectivity index (χ4v) is 0.921. The maximum Gasteiger partial charge on any atom is 0.278 e. The third-order valence-corrected chi connectivity index (χ3v) is 1.41. The normalized spacial score (nSPS) is 13.8. The van der Waals surface area contributed by atoms with Crippen molar-refractivity contribution in [2.24, 2.45) is 4.99 Å². The Morgan fingerprint density at radius 1 is 1.55 bits per heavy atom. The van der Waals surface area contributed by atoms with Crippen LogP contribution >= 0.6 is 0 Å². The van der Waals surface area contributed by atoms with Gasteiger partial charge in [0.25, 0.3) is 5.56 Å². The smallest absolute Gasteiger partial charge is 0.278 e. The van der Waals surface area contributed by atoms with Crippen molar-refractivity contribution in [3.63, 3.8) is 0 Å². The zero-order valence-corrected chi connectivity index (χ0v) is 5.66. The number of fused-ring (bicyclic) bond motifs is 1. The van der Waals surface area contributed by atoms with Crippen LogP contribution in [-0.4, -0.2) is 22.7 Å². The number of rotatable bonds is 0. The second-order valence-corrected chi connectivity index (χ2v) is 2.12. The van der Waals surface area contributed by atoms with Crippen LogP contribution in [0, 0.1) is 0 Å². The molecule has 5 heteroatoms. The Morgan fingerprint density at radius 3 is 3.27 bits per heavy atom. The summed E-state index contributed by atoms with van der Waals surface area (Å²) in [5.74, 6) is 0.552. The first-order valence-corrected chi connectivity index (χ1v) is 3.22. The molecule has 11 heavy (non-hydrogen) atoms. The van der Waals surface area contributed by atoms with Crippen LogP contribution in [0.2, 0.25) is 0 Å². The van der Waals surface area contributed by atoms with Crippen molar-refractivity contribution in [1.29, 1.82) is 0 Å². The number of nitrogens with one attached hydrogen (secondary N) is 2. The summed E-state index contributed by atoms with van der Waals surface area (Å²) in [6, 6.07) is 0. The largest absolute Gasteiger partial charge is 0.363 e. The molecule has 0 atom stereocenters. The van der Waals surface area contributed by atoms with Crippen LogP contribution in [0.1, 0.15) is 0 Å². The molecule has 0 bridgehead atoms. The highest BCUT2D eigenvalue weighted by molar-refractivity contribution is 5.77. The molecule has 1 aromatic rings. The molecule has 0 fully saturated rings. The summed E-state index contributed by atoms with van der Waals surface area (Å²) in [5.41, 5.74) is 0.150. The highest BCUT2D eigenvalue weighted by Gasteiger charge is 2.08. The van der Waals surface area contributed by atoms with Crippen molar-refractivity contribution in [2.45, 2.75) is 0 Å². The van der Waals surface area contributed by atoms with E-state index in [1.807, 2.05) is 0 Å². The quantitative estimate of drug-likeness (QED) is 0.542. The summed E-state index contributed by atoms with van der Waals surface area (Å²) in [7, 11) is 0. The van der Waals surface area contributed by atoms with Gasteiger partial charge in [0.2, 0.25) is 0 Å². The molecule has 2 N–H and O–H groups in total. The summed E-state index contributed by atoms with van der Waals surface area (Å²) in [6.07, 6.45) is 2.99. The van der Waals surface area contributed by atoms with Crippen LogP contribution in [0.5, 0.6) is 0 Å². The Hall–Kier alpha value is -1.65. The molecule has 1 aromatic heterocycles. The molecule has 5 nitrogen and oxygen atoms in total. The van der Waals surface area contributed by atoms with Gasteiger partial charge in [-0.1, -0.05) is 0 Å². The second kappa shape index (κ2) is 2.19. The first-order chi connectivity index (χ1) is 5.38. The van der Waals surface area contributed by atoms with Crippen LogP contribution < -0.4 is 10.9 Å². The van der Waals surface area contributed by atoms with Crippen LogP contribution in [0.4, 0.5) is 11.5 Å². The van der Waals surface area contributed by atoms with Crippen LogP contribution in [-0.2, 0) is 0 Å². The number of aromatic amines is 1. The maximum atomic E-state index is 11.0. The molecule has 0 unspecified atom stereocenters. The van der Waals surface area contributed by atoms with Gasteiger partial charge in [-0.2, -0.15) is 0 Å². The summed E-state index contributed by atoms with van der Waals surface area (Å²) >= 11 is 0. The van der Waals surface area contributed by atoms with Crippen molar-refractivity contribution < 1.29 is 0 Å². The number of nitrogens with zero attached hydrogens (tertiary/aromatic N) is 2. The first-order valence-electron chi connectivity index (χ1n) is 3.22. The van der Waals surface area contributed by atoms with E-state index in [0.717, 1.165) is 0 Å². The Morgan fingerprint density at radius 2 is 2.45 bits per heavy atom.